The van der Waals surface area contributed by atoms with Crippen molar-refractivity contribution < 1.29 is 14.3 Å². The number of anilines is 1. The van der Waals surface area contributed by atoms with E-state index in [1.165, 1.54) is 11.3 Å². The highest BCUT2D eigenvalue weighted by molar-refractivity contribution is 7.09. The van der Waals surface area contributed by atoms with E-state index in [1.54, 1.807) is 4.90 Å². The monoisotopic (exact) mass is 344 g/mol. The molecule has 2 aliphatic heterocycles. The highest BCUT2D eigenvalue weighted by Crippen LogP contribution is 2.35. The summed E-state index contributed by atoms with van der Waals surface area (Å²) in [5.41, 5.74) is 1.32. The number of benzene rings is 1. The SMILES string of the molecule is CC[C@H]1CN(C(=O)c2csc([C@@H]3CCCO3)n2)c2ccccc2O1. The largest absolute Gasteiger partial charge is 0.486 e. The summed E-state index contributed by atoms with van der Waals surface area (Å²) in [4.78, 5) is 19.4. The van der Waals surface area contributed by atoms with Crippen LogP contribution in [-0.4, -0.2) is 30.1 Å². The number of thiazole rings is 1. The molecule has 2 atom stereocenters. The molecular formula is C18H20N2O3S. The third-order valence-electron chi connectivity index (χ3n) is 4.48. The van der Waals surface area contributed by atoms with Gasteiger partial charge >= 0.3 is 0 Å². The number of ether oxygens (including phenoxy) is 2. The Morgan fingerprint density at radius 3 is 3.08 bits per heavy atom. The van der Waals surface area contributed by atoms with Crippen molar-refractivity contribution in [1.82, 2.24) is 4.98 Å². The average molecular weight is 344 g/mol. The Balaban J connectivity index is 1.61. The van der Waals surface area contributed by atoms with Gasteiger partial charge in [-0.15, -0.1) is 11.3 Å². The lowest BCUT2D eigenvalue weighted by Gasteiger charge is -2.34. The van der Waals surface area contributed by atoms with Gasteiger partial charge in [-0.1, -0.05) is 19.1 Å². The Labute approximate surface area is 145 Å². The standard InChI is InChI=1S/C18H20N2O3S/c1-2-12-10-20(14-6-3-4-7-15(14)23-12)18(21)13-11-24-17(19-13)16-8-5-9-22-16/h3-4,6-7,11-12,16H,2,5,8-10H2,1H3/t12-,16-/m0/s1. The van der Waals surface area contributed by atoms with Gasteiger partial charge in [0.15, 0.2) is 0 Å². The minimum atomic E-state index is -0.0651. The summed E-state index contributed by atoms with van der Waals surface area (Å²) in [5.74, 6) is 0.697. The fraction of sp³-hybridized carbons (Fsp3) is 0.444. The number of nitrogens with zero attached hydrogens (tertiary/aromatic N) is 2. The molecule has 3 heterocycles. The summed E-state index contributed by atoms with van der Waals surface area (Å²) < 4.78 is 11.6. The van der Waals surface area contributed by atoms with Crippen LogP contribution < -0.4 is 9.64 Å². The maximum Gasteiger partial charge on any atom is 0.277 e. The smallest absolute Gasteiger partial charge is 0.277 e. The quantitative estimate of drug-likeness (QED) is 0.849. The first kappa shape index (κ1) is 15.6. The van der Waals surface area contributed by atoms with Gasteiger partial charge in [-0.2, -0.15) is 0 Å². The van der Waals surface area contributed by atoms with Crippen molar-refractivity contribution in [1.29, 1.82) is 0 Å². The molecule has 4 rings (SSSR count). The number of para-hydroxylation sites is 2. The van der Waals surface area contributed by atoms with Gasteiger partial charge in [0, 0.05) is 12.0 Å². The second kappa shape index (κ2) is 6.53. The summed E-state index contributed by atoms with van der Waals surface area (Å²) in [6.07, 6.45) is 2.97. The van der Waals surface area contributed by atoms with Gasteiger partial charge in [-0.05, 0) is 31.4 Å². The third-order valence-corrected chi connectivity index (χ3v) is 5.42. The summed E-state index contributed by atoms with van der Waals surface area (Å²) in [7, 11) is 0. The van der Waals surface area contributed by atoms with Crippen LogP contribution in [0, 0.1) is 0 Å². The predicted octanol–water partition coefficient (Wildman–Crippen LogP) is 3.81. The number of carbonyl (C=O) groups is 1. The molecule has 126 valence electrons. The second-order valence-corrected chi connectivity index (χ2v) is 6.99. The van der Waals surface area contributed by atoms with Gasteiger partial charge in [0.1, 0.15) is 28.7 Å². The van der Waals surface area contributed by atoms with Crippen LogP contribution in [0.25, 0.3) is 0 Å². The van der Waals surface area contributed by atoms with Crippen molar-refractivity contribution in [2.75, 3.05) is 18.1 Å². The Bertz CT molecular complexity index is 739. The van der Waals surface area contributed by atoms with Gasteiger partial charge in [0.25, 0.3) is 5.91 Å². The van der Waals surface area contributed by atoms with E-state index in [4.69, 9.17) is 9.47 Å². The van der Waals surface area contributed by atoms with Crippen molar-refractivity contribution in [3.63, 3.8) is 0 Å². The molecule has 0 radical (unpaired) electrons. The van der Waals surface area contributed by atoms with Crippen molar-refractivity contribution in [3.8, 4) is 5.75 Å². The van der Waals surface area contributed by atoms with Crippen LogP contribution in [-0.2, 0) is 4.74 Å². The number of amides is 1. The van der Waals surface area contributed by atoms with E-state index in [0.29, 0.717) is 12.2 Å². The Morgan fingerprint density at radius 1 is 1.42 bits per heavy atom. The Morgan fingerprint density at radius 2 is 2.29 bits per heavy atom. The lowest BCUT2D eigenvalue weighted by atomic mass is 10.1. The van der Waals surface area contributed by atoms with Gasteiger partial charge < -0.3 is 9.47 Å². The van der Waals surface area contributed by atoms with E-state index in [0.717, 1.165) is 42.3 Å². The van der Waals surface area contributed by atoms with Crippen LogP contribution >= 0.6 is 11.3 Å². The molecule has 2 aromatic rings. The van der Waals surface area contributed by atoms with Crippen LogP contribution in [0.2, 0.25) is 0 Å². The molecule has 1 fully saturated rings. The molecule has 6 heteroatoms. The second-order valence-electron chi connectivity index (χ2n) is 6.10. The minimum Gasteiger partial charge on any atom is -0.486 e. The van der Waals surface area contributed by atoms with Crippen molar-refractivity contribution >= 4 is 22.9 Å². The lowest BCUT2D eigenvalue weighted by Crippen LogP contribution is -2.43. The fourth-order valence-corrected chi connectivity index (χ4v) is 4.02. The first-order chi connectivity index (χ1) is 11.8. The van der Waals surface area contributed by atoms with E-state index < -0.39 is 0 Å². The number of hydrogen-bond acceptors (Lipinski definition) is 5. The highest BCUT2D eigenvalue weighted by Gasteiger charge is 2.31. The first-order valence-electron chi connectivity index (χ1n) is 8.41. The molecule has 0 aliphatic carbocycles. The van der Waals surface area contributed by atoms with Gasteiger partial charge in [-0.3, -0.25) is 9.69 Å². The molecule has 1 amide bonds. The summed E-state index contributed by atoms with van der Waals surface area (Å²) in [5, 5.41) is 2.75. The number of carbonyl (C=O) groups excluding carboxylic acids is 1. The van der Waals surface area contributed by atoms with Crippen LogP contribution in [0.3, 0.4) is 0 Å². The van der Waals surface area contributed by atoms with Crippen LogP contribution in [0.15, 0.2) is 29.6 Å². The summed E-state index contributed by atoms with van der Waals surface area (Å²) >= 11 is 1.51. The van der Waals surface area contributed by atoms with E-state index in [2.05, 4.69) is 11.9 Å². The van der Waals surface area contributed by atoms with E-state index >= 15 is 0 Å². The van der Waals surface area contributed by atoms with E-state index in [-0.39, 0.29) is 18.1 Å². The van der Waals surface area contributed by atoms with E-state index in [9.17, 15) is 4.79 Å². The van der Waals surface area contributed by atoms with Crippen molar-refractivity contribution in [2.45, 2.75) is 38.4 Å². The third kappa shape index (κ3) is 2.80. The van der Waals surface area contributed by atoms with Crippen LogP contribution in [0.5, 0.6) is 5.75 Å². The topological polar surface area (TPSA) is 51.7 Å². The van der Waals surface area contributed by atoms with Crippen LogP contribution in [0.4, 0.5) is 5.69 Å². The molecule has 0 bridgehead atoms. The first-order valence-corrected chi connectivity index (χ1v) is 9.29. The summed E-state index contributed by atoms with van der Waals surface area (Å²) in [6.45, 7) is 3.40. The zero-order valence-corrected chi connectivity index (χ0v) is 14.4. The maximum absolute atomic E-state index is 13.0. The molecule has 0 spiro atoms. The molecule has 5 nitrogen and oxygen atoms in total. The Kier molecular flexibility index (Phi) is 4.24. The van der Waals surface area contributed by atoms with Crippen molar-refractivity contribution in [2.24, 2.45) is 0 Å². The fourth-order valence-electron chi connectivity index (χ4n) is 3.15. The molecule has 2 aliphatic rings. The molecule has 1 saturated heterocycles. The molecule has 0 unspecified atom stereocenters. The highest BCUT2D eigenvalue weighted by atomic mass is 32.1. The van der Waals surface area contributed by atoms with E-state index in [1.807, 2.05) is 29.6 Å². The zero-order valence-electron chi connectivity index (χ0n) is 13.6. The van der Waals surface area contributed by atoms with Gasteiger partial charge in [0.05, 0.1) is 12.2 Å². The van der Waals surface area contributed by atoms with Gasteiger partial charge in [-0.25, -0.2) is 4.98 Å². The normalized spacial score (nSPS) is 23.0. The molecule has 0 saturated carbocycles. The molecule has 1 aromatic carbocycles. The number of hydrogen-bond donors (Lipinski definition) is 0. The molecular weight excluding hydrogens is 324 g/mol. The molecule has 1 aromatic heterocycles. The zero-order chi connectivity index (χ0) is 16.5. The van der Waals surface area contributed by atoms with Gasteiger partial charge in [0.2, 0.25) is 0 Å². The predicted molar refractivity (Wildman–Crippen MR) is 92.9 cm³/mol. The van der Waals surface area contributed by atoms with Crippen molar-refractivity contribution in [3.05, 3.63) is 40.3 Å². The summed E-state index contributed by atoms with van der Waals surface area (Å²) in [6, 6.07) is 7.69. The minimum absolute atomic E-state index is 0.0140. The number of rotatable bonds is 3. The van der Waals surface area contributed by atoms with Crippen LogP contribution in [0.1, 0.15) is 47.8 Å². The number of fused-ring (bicyclic) bond motifs is 1. The average Bonchev–Trinajstić information content (AvgIpc) is 3.31. The Hall–Kier alpha value is -1.92. The lowest BCUT2D eigenvalue weighted by molar-refractivity contribution is 0.0947. The molecule has 24 heavy (non-hydrogen) atoms. The maximum atomic E-state index is 13.0. The molecule has 0 N–H and O–H groups in total. The number of aromatic nitrogens is 1.